The summed E-state index contributed by atoms with van der Waals surface area (Å²) in [6.45, 7) is 12.4. The molecule has 0 saturated heterocycles. The molecule has 0 aliphatic carbocycles. The van der Waals surface area contributed by atoms with Crippen LogP contribution in [0.15, 0.2) is 36.4 Å². The number of carbonyl (C=O) groups is 3. The second kappa shape index (κ2) is 13.6. The normalized spacial score (nSPS) is 19.0. The molecule has 0 fully saturated rings. The number of benzene rings is 1. The minimum absolute atomic E-state index is 0.0880. The Balaban J connectivity index is 1.53. The Morgan fingerprint density at radius 2 is 1.76 bits per heavy atom. The lowest BCUT2D eigenvalue weighted by molar-refractivity contribution is -0.130. The number of hydrogen-bond donors (Lipinski definition) is 2. The molecule has 0 saturated carbocycles. The molecule has 4 heterocycles. The van der Waals surface area contributed by atoms with Crippen LogP contribution >= 0.6 is 0 Å². The van der Waals surface area contributed by atoms with Gasteiger partial charge in [-0.3, -0.25) is 14.4 Å². The summed E-state index contributed by atoms with van der Waals surface area (Å²) in [5.74, 6) is 0.413. The van der Waals surface area contributed by atoms with Crippen LogP contribution in [0.2, 0.25) is 0 Å². The van der Waals surface area contributed by atoms with Crippen LogP contribution in [-0.4, -0.2) is 71.1 Å². The van der Waals surface area contributed by atoms with Gasteiger partial charge in [0, 0.05) is 30.9 Å². The average molecular weight is 614 g/mol. The highest BCUT2D eigenvalue weighted by molar-refractivity contribution is 6.01. The van der Waals surface area contributed by atoms with Gasteiger partial charge in [-0.1, -0.05) is 50.6 Å². The van der Waals surface area contributed by atoms with Gasteiger partial charge in [0.1, 0.15) is 23.3 Å². The maximum absolute atomic E-state index is 14.2. The third kappa shape index (κ3) is 7.05. The smallest absolute Gasteiger partial charge is 0.259 e. The van der Waals surface area contributed by atoms with Gasteiger partial charge in [0.05, 0.1) is 18.3 Å². The van der Waals surface area contributed by atoms with E-state index in [2.05, 4.69) is 25.8 Å². The van der Waals surface area contributed by atoms with Crippen LogP contribution in [0.1, 0.15) is 83.8 Å². The van der Waals surface area contributed by atoms with Crippen molar-refractivity contribution in [2.45, 2.75) is 85.9 Å². The molecule has 2 N–H and O–H groups in total. The Morgan fingerprint density at radius 3 is 2.49 bits per heavy atom. The van der Waals surface area contributed by atoms with Gasteiger partial charge < -0.3 is 15.5 Å². The molecule has 238 valence electrons. The van der Waals surface area contributed by atoms with Gasteiger partial charge in [-0.2, -0.15) is 10.2 Å². The monoisotopic (exact) mass is 613 g/mol. The molecule has 3 amide bonds. The van der Waals surface area contributed by atoms with Crippen molar-refractivity contribution in [2.75, 3.05) is 13.1 Å². The van der Waals surface area contributed by atoms with Crippen molar-refractivity contribution in [3.8, 4) is 0 Å². The van der Waals surface area contributed by atoms with E-state index in [-0.39, 0.29) is 30.1 Å². The fourth-order valence-electron chi connectivity index (χ4n) is 5.96. The van der Waals surface area contributed by atoms with Crippen molar-refractivity contribution in [3.63, 3.8) is 0 Å². The Kier molecular flexibility index (Phi) is 9.60. The first-order valence-corrected chi connectivity index (χ1v) is 15.7. The quantitative estimate of drug-likeness (QED) is 0.352. The molecular formula is C33H43N9O3. The second-order valence-electron chi connectivity index (χ2n) is 12.1. The van der Waals surface area contributed by atoms with Crippen LogP contribution in [0, 0.1) is 33.6 Å². The van der Waals surface area contributed by atoms with Gasteiger partial charge in [-0.15, -0.1) is 0 Å². The summed E-state index contributed by atoms with van der Waals surface area (Å²) < 4.78 is 3.50. The lowest BCUT2D eigenvalue weighted by Crippen LogP contribution is -2.51. The molecule has 4 aromatic rings. The number of nitrogens with zero attached hydrogens (tertiary/aromatic N) is 7. The molecule has 0 unspecified atom stereocenters. The summed E-state index contributed by atoms with van der Waals surface area (Å²) in [4.78, 5) is 52.3. The van der Waals surface area contributed by atoms with Gasteiger partial charge in [0.25, 0.3) is 5.91 Å². The minimum Gasteiger partial charge on any atom is -0.344 e. The van der Waals surface area contributed by atoms with Crippen LogP contribution in [-0.2, 0) is 22.6 Å². The highest BCUT2D eigenvalue weighted by atomic mass is 16.2. The number of carbonyl (C=O) groups excluding carboxylic acids is 3. The number of rotatable bonds is 5. The summed E-state index contributed by atoms with van der Waals surface area (Å²) in [7, 11) is 0. The molecule has 0 radical (unpaired) electrons. The van der Waals surface area contributed by atoms with E-state index in [1.165, 1.54) is 0 Å². The summed E-state index contributed by atoms with van der Waals surface area (Å²) in [5, 5.41) is 15.5. The molecule has 12 heteroatoms. The van der Waals surface area contributed by atoms with Crippen LogP contribution in [0.25, 0.3) is 5.65 Å². The van der Waals surface area contributed by atoms with E-state index < -0.39 is 12.1 Å². The first-order valence-electron chi connectivity index (χ1n) is 15.7. The Hall–Kier alpha value is -4.61. The van der Waals surface area contributed by atoms with E-state index in [1.54, 1.807) is 14.1 Å². The molecular weight excluding hydrogens is 570 g/mol. The molecule has 5 rings (SSSR count). The third-order valence-electron chi connectivity index (χ3n) is 8.51. The molecule has 45 heavy (non-hydrogen) atoms. The van der Waals surface area contributed by atoms with Crippen molar-refractivity contribution in [1.82, 2.24) is 44.9 Å². The number of amides is 3. The number of hydrogen-bond acceptors (Lipinski definition) is 7. The van der Waals surface area contributed by atoms with Crippen molar-refractivity contribution >= 4 is 23.4 Å². The predicted octanol–water partition coefficient (Wildman–Crippen LogP) is 3.42. The number of aryl methyl sites for hydroxylation is 4. The van der Waals surface area contributed by atoms with Gasteiger partial charge in [0.2, 0.25) is 11.8 Å². The van der Waals surface area contributed by atoms with Crippen LogP contribution in [0.4, 0.5) is 0 Å². The lowest BCUT2D eigenvalue weighted by atomic mass is 9.97. The molecule has 1 aliphatic rings. The largest absolute Gasteiger partial charge is 0.344 e. The summed E-state index contributed by atoms with van der Waals surface area (Å²) in [6.07, 6.45) is 1.80. The molecule has 0 spiro atoms. The van der Waals surface area contributed by atoms with Crippen LogP contribution in [0.3, 0.4) is 0 Å². The lowest BCUT2D eigenvalue weighted by Gasteiger charge is -2.28. The third-order valence-corrected chi connectivity index (χ3v) is 8.51. The van der Waals surface area contributed by atoms with E-state index in [4.69, 9.17) is 4.98 Å². The van der Waals surface area contributed by atoms with Gasteiger partial charge in [-0.05, 0) is 58.1 Å². The van der Waals surface area contributed by atoms with Crippen molar-refractivity contribution < 1.29 is 14.4 Å². The van der Waals surface area contributed by atoms with E-state index in [9.17, 15) is 14.4 Å². The first kappa shape index (κ1) is 31.8. The highest BCUT2D eigenvalue weighted by Gasteiger charge is 2.31. The molecule has 3 atom stereocenters. The Labute approximate surface area is 263 Å². The van der Waals surface area contributed by atoms with Gasteiger partial charge >= 0.3 is 0 Å². The van der Waals surface area contributed by atoms with E-state index >= 15 is 0 Å². The SMILES string of the molecule is CC[C@H](C)[C@@H]1NC(=O)CCCN(C(=O)c2c(C)nn3c(C)cc(C)nc23)CCn2nc(C)nc2[C@H](Cc2ccccc2)NC1=O. The summed E-state index contributed by atoms with van der Waals surface area (Å²) >= 11 is 0. The average Bonchev–Trinajstić information content (AvgIpc) is 3.55. The zero-order chi connectivity index (χ0) is 32.2. The zero-order valence-corrected chi connectivity index (χ0v) is 27.0. The zero-order valence-electron chi connectivity index (χ0n) is 27.0. The highest BCUT2D eigenvalue weighted by Crippen LogP contribution is 2.22. The van der Waals surface area contributed by atoms with E-state index in [0.29, 0.717) is 67.5 Å². The van der Waals surface area contributed by atoms with E-state index in [0.717, 1.165) is 17.0 Å². The van der Waals surface area contributed by atoms with Gasteiger partial charge in [-0.25, -0.2) is 19.2 Å². The Morgan fingerprint density at radius 1 is 1.00 bits per heavy atom. The maximum atomic E-state index is 14.2. The predicted molar refractivity (Wildman–Crippen MR) is 170 cm³/mol. The molecule has 0 bridgehead atoms. The van der Waals surface area contributed by atoms with Crippen molar-refractivity contribution in [1.29, 1.82) is 0 Å². The molecule has 1 aromatic carbocycles. The van der Waals surface area contributed by atoms with Gasteiger partial charge in [0.15, 0.2) is 5.65 Å². The first-order chi connectivity index (χ1) is 21.5. The number of aromatic nitrogens is 6. The topological polar surface area (TPSA) is 139 Å². The van der Waals surface area contributed by atoms with E-state index in [1.807, 2.05) is 77.9 Å². The van der Waals surface area contributed by atoms with Crippen molar-refractivity contribution in [3.05, 3.63) is 76.3 Å². The molecule has 1 aliphatic heterocycles. The second-order valence-corrected chi connectivity index (χ2v) is 12.1. The fourth-order valence-corrected chi connectivity index (χ4v) is 5.96. The Bertz CT molecular complexity index is 1690. The van der Waals surface area contributed by atoms with Crippen LogP contribution in [0.5, 0.6) is 0 Å². The molecule has 3 aromatic heterocycles. The summed E-state index contributed by atoms with van der Waals surface area (Å²) in [6, 6.07) is 10.6. The number of nitrogens with one attached hydrogen (secondary N) is 2. The van der Waals surface area contributed by atoms with Crippen LogP contribution < -0.4 is 10.6 Å². The number of fused-ring (bicyclic) bond motifs is 2. The summed E-state index contributed by atoms with van der Waals surface area (Å²) in [5.41, 5.74) is 4.29. The minimum atomic E-state index is -0.710. The standard InChI is InChI=1S/C33H43N9O3/c1-7-20(2)29-32(44)36-26(19-25-12-9-8-10-13-25)30-35-24(6)39-41(30)17-16-40(15-11-14-27(43)37-29)33(45)28-23(5)38-42-22(4)18-21(3)34-31(28)42/h8-10,12-13,18,20,26,29H,7,11,14-17,19H2,1-6H3,(H,36,44)(H,37,43)/t20-,26-,29-/m0/s1. The fraction of sp³-hybridized carbons (Fsp3) is 0.485. The molecule has 12 nitrogen and oxygen atoms in total. The van der Waals surface area contributed by atoms with Crippen molar-refractivity contribution in [2.24, 2.45) is 5.92 Å². The maximum Gasteiger partial charge on any atom is 0.259 e.